The highest BCUT2D eigenvalue weighted by atomic mass is 35.5. The van der Waals surface area contributed by atoms with Gasteiger partial charge in [-0.1, -0.05) is 23.6 Å². The highest BCUT2D eigenvalue weighted by Crippen LogP contribution is 2.41. The first kappa shape index (κ1) is 15.5. The molecule has 21 heavy (non-hydrogen) atoms. The molecule has 2 heterocycles. The Labute approximate surface area is 125 Å². The minimum atomic E-state index is -1.62. The van der Waals surface area contributed by atoms with Crippen molar-refractivity contribution in [2.75, 3.05) is 12.3 Å². The van der Waals surface area contributed by atoms with E-state index in [2.05, 4.69) is 10.9 Å². The second-order valence-corrected chi connectivity index (χ2v) is 4.84. The first-order valence-electron chi connectivity index (χ1n) is 6.05. The minimum Gasteiger partial charge on any atom is -0.392 e. The van der Waals surface area contributed by atoms with Gasteiger partial charge in [-0.3, -0.25) is 4.57 Å². The number of aromatic nitrogens is 2. The number of nitrogens with two attached hydrogens (primary N) is 1. The Bertz CT molecular complexity index is 654. The number of rotatable bonds is 3. The fourth-order valence-electron chi connectivity index (χ4n) is 2.27. The number of aliphatic hydroxyl groups excluding tert-OH is 2. The van der Waals surface area contributed by atoms with Crippen molar-refractivity contribution in [1.29, 1.82) is 0 Å². The maximum Gasteiger partial charge on any atom is 0.351 e. The van der Waals surface area contributed by atoms with E-state index in [1.807, 2.05) is 0 Å². The Morgan fingerprint density at radius 2 is 2.43 bits per heavy atom. The number of halogens is 1. The molecule has 4 atom stereocenters. The average molecular weight is 312 g/mol. The van der Waals surface area contributed by atoms with Crippen molar-refractivity contribution in [3.05, 3.63) is 34.4 Å². The quantitative estimate of drug-likeness (QED) is 0.646. The van der Waals surface area contributed by atoms with Crippen LogP contribution in [0.3, 0.4) is 0 Å². The predicted octanol–water partition coefficient (Wildman–Crippen LogP) is -0.552. The lowest BCUT2D eigenvalue weighted by atomic mass is 9.91. The van der Waals surface area contributed by atoms with Crippen LogP contribution in [0.25, 0.3) is 0 Å². The van der Waals surface area contributed by atoms with Gasteiger partial charge in [0.2, 0.25) is 0 Å². The highest BCUT2D eigenvalue weighted by Gasteiger charge is 2.53. The number of aliphatic hydroxyl groups is 2. The first-order chi connectivity index (χ1) is 9.99. The number of ether oxygens (including phenoxy) is 1. The van der Waals surface area contributed by atoms with Crippen LogP contribution in [0.4, 0.5) is 5.82 Å². The van der Waals surface area contributed by atoms with Crippen LogP contribution in [-0.4, -0.2) is 38.1 Å². The smallest absolute Gasteiger partial charge is 0.351 e. The summed E-state index contributed by atoms with van der Waals surface area (Å²) < 4.78 is 6.70. The molecule has 1 aromatic heterocycles. The van der Waals surface area contributed by atoms with E-state index < -0.39 is 36.1 Å². The lowest BCUT2D eigenvalue weighted by molar-refractivity contribution is -0.0916. The molecule has 4 N–H and O–H groups in total. The topological polar surface area (TPSA) is 111 Å². The second kappa shape index (κ2) is 5.87. The molecule has 1 saturated heterocycles. The summed E-state index contributed by atoms with van der Waals surface area (Å²) in [6.07, 6.45) is 5.97. The Morgan fingerprint density at radius 1 is 1.71 bits per heavy atom. The minimum absolute atomic E-state index is 0.0598. The van der Waals surface area contributed by atoms with E-state index in [-0.39, 0.29) is 5.82 Å². The van der Waals surface area contributed by atoms with E-state index in [0.29, 0.717) is 0 Å². The van der Waals surface area contributed by atoms with Crippen molar-refractivity contribution < 1.29 is 14.9 Å². The lowest BCUT2D eigenvalue weighted by Crippen LogP contribution is -2.43. The molecule has 2 rings (SSSR count). The Hall–Kier alpha value is -1.85. The molecular formula is C13H14ClN3O4. The molecule has 0 bridgehead atoms. The monoisotopic (exact) mass is 311 g/mol. The number of hydrogen-bond donors (Lipinski definition) is 3. The Balaban J connectivity index is 2.51. The van der Waals surface area contributed by atoms with Crippen LogP contribution in [0, 0.1) is 18.3 Å². The van der Waals surface area contributed by atoms with Gasteiger partial charge < -0.3 is 20.7 Å². The largest absolute Gasteiger partial charge is 0.392 e. The summed E-state index contributed by atoms with van der Waals surface area (Å²) >= 11 is 5.56. The molecule has 8 heteroatoms. The van der Waals surface area contributed by atoms with Gasteiger partial charge in [-0.25, -0.2) is 4.79 Å². The molecule has 1 aromatic rings. The number of anilines is 1. The van der Waals surface area contributed by atoms with E-state index in [0.717, 1.165) is 4.57 Å². The van der Waals surface area contributed by atoms with E-state index in [1.165, 1.54) is 23.9 Å². The lowest BCUT2D eigenvalue weighted by Gasteiger charge is -2.23. The first-order valence-corrected chi connectivity index (χ1v) is 6.49. The number of terminal acetylenes is 1. The summed E-state index contributed by atoms with van der Waals surface area (Å²) in [4.78, 5) is 15.5. The summed E-state index contributed by atoms with van der Waals surface area (Å²) in [7, 11) is 0. The molecule has 0 aromatic carbocycles. The molecular weight excluding hydrogens is 298 g/mol. The maximum atomic E-state index is 11.9. The molecule has 0 aliphatic carbocycles. The third-order valence-corrected chi connectivity index (χ3v) is 3.55. The summed E-state index contributed by atoms with van der Waals surface area (Å²) in [5.74, 6) is 1.57. The standard InChI is InChI=1S/C13H14ClN3O4/c1-2-13(7-18)10(19)8(3-5-14)11(21-13)17-6-4-9(15)16-12(17)20/h1,3-6,8,10-11,18-19H,7H2,(H2,15,16,20)/b5-3-/t8-,10-,11+,13+/m0/s1. The Morgan fingerprint density at radius 3 is 2.95 bits per heavy atom. The number of nitrogens with zero attached hydrogens (tertiary/aromatic N) is 2. The van der Waals surface area contributed by atoms with Gasteiger partial charge in [0.15, 0.2) is 5.60 Å². The molecule has 1 aliphatic rings. The van der Waals surface area contributed by atoms with Gasteiger partial charge in [0.05, 0.1) is 12.5 Å². The third kappa shape index (κ3) is 2.54. The van der Waals surface area contributed by atoms with Gasteiger partial charge in [0.25, 0.3) is 0 Å². The van der Waals surface area contributed by atoms with E-state index >= 15 is 0 Å². The van der Waals surface area contributed by atoms with Crippen LogP contribution >= 0.6 is 11.6 Å². The molecule has 0 radical (unpaired) electrons. The fourth-order valence-corrected chi connectivity index (χ4v) is 2.44. The zero-order valence-electron chi connectivity index (χ0n) is 10.9. The summed E-state index contributed by atoms with van der Waals surface area (Å²) in [6.45, 7) is -0.606. The second-order valence-electron chi connectivity index (χ2n) is 4.58. The van der Waals surface area contributed by atoms with Gasteiger partial charge in [-0.05, 0) is 6.07 Å². The fraction of sp³-hybridized carbons (Fsp3) is 0.385. The molecule has 0 saturated carbocycles. The van der Waals surface area contributed by atoms with Crippen molar-refractivity contribution in [2.45, 2.75) is 17.9 Å². The van der Waals surface area contributed by atoms with E-state index in [9.17, 15) is 15.0 Å². The van der Waals surface area contributed by atoms with E-state index in [1.54, 1.807) is 0 Å². The molecule has 0 spiro atoms. The molecule has 7 nitrogen and oxygen atoms in total. The van der Waals surface area contributed by atoms with E-state index in [4.69, 9.17) is 28.5 Å². The van der Waals surface area contributed by atoms with Crippen LogP contribution in [0.1, 0.15) is 6.23 Å². The van der Waals surface area contributed by atoms with Gasteiger partial charge in [-0.2, -0.15) is 4.98 Å². The SMILES string of the molecule is C#C[C@]1(CO)O[C@@H](n2ccc(N)nc2=O)[C@@H](/C=C\Cl)[C@@H]1O. The van der Waals surface area contributed by atoms with Crippen molar-refractivity contribution in [3.8, 4) is 12.3 Å². The van der Waals surface area contributed by atoms with Crippen LogP contribution in [0.15, 0.2) is 28.7 Å². The van der Waals surface area contributed by atoms with Crippen molar-refractivity contribution in [3.63, 3.8) is 0 Å². The van der Waals surface area contributed by atoms with Crippen LogP contribution in [-0.2, 0) is 4.74 Å². The van der Waals surface area contributed by atoms with Gasteiger partial charge in [0.1, 0.15) is 18.1 Å². The molecule has 1 fully saturated rings. The number of nitrogen functional groups attached to an aromatic ring is 1. The summed E-state index contributed by atoms with van der Waals surface area (Å²) in [5.41, 5.74) is 4.34. The molecule has 112 valence electrons. The van der Waals surface area contributed by atoms with Gasteiger partial charge >= 0.3 is 5.69 Å². The summed E-state index contributed by atoms with van der Waals surface area (Å²) in [6, 6.07) is 1.41. The molecule has 0 unspecified atom stereocenters. The third-order valence-electron chi connectivity index (χ3n) is 3.40. The zero-order chi connectivity index (χ0) is 15.6. The Kier molecular flexibility index (Phi) is 4.34. The predicted molar refractivity (Wildman–Crippen MR) is 76.2 cm³/mol. The van der Waals surface area contributed by atoms with Crippen LogP contribution < -0.4 is 11.4 Å². The van der Waals surface area contributed by atoms with Crippen molar-refractivity contribution in [1.82, 2.24) is 9.55 Å². The van der Waals surface area contributed by atoms with Crippen LogP contribution in [0.5, 0.6) is 0 Å². The molecule has 0 amide bonds. The maximum absolute atomic E-state index is 11.9. The normalized spacial score (nSPS) is 32.4. The average Bonchev–Trinajstić information content (AvgIpc) is 2.74. The highest BCUT2D eigenvalue weighted by molar-refractivity contribution is 6.25. The van der Waals surface area contributed by atoms with Gasteiger partial charge in [-0.15, -0.1) is 6.42 Å². The molecule has 1 aliphatic heterocycles. The van der Waals surface area contributed by atoms with Gasteiger partial charge in [0, 0.05) is 11.7 Å². The number of hydrogen-bond acceptors (Lipinski definition) is 6. The van der Waals surface area contributed by atoms with Crippen molar-refractivity contribution >= 4 is 17.4 Å². The van der Waals surface area contributed by atoms with Crippen molar-refractivity contribution in [2.24, 2.45) is 5.92 Å². The summed E-state index contributed by atoms with van der Waals surface area (Å²) in [5, 5.41) is 19.8. The zero-order valence-corrected chi connectivity index (χ0v) is 11.6. The van der Waals surface area contributed by atoms with Crippen LogP contribution in [0.2, 0.25) is 0 Å².